The van der Waals surface area contributed by atoms with E-state index in [2.05, 4.69) is 4.90 Å². The zero-order valence-corrected chi connectivity index (χ0v) is 8.95. The van der Waals surface area contributed by atoms with Crippen molar-refractivity contribution in [3.8, 4) is 0 Å². The van der Waals surface area contributed by atoms with E-state index in [4.69, 9.17) is 10.5 Å². The van der Waals surface area contributed by atoms with E-state index < -0.39 is 0 Å². The number of likely N-dealkylation sites (tertiary alicyclic amines) is 1. The van der Waals surface area contributed by atoms with Crippen LogP contribution in [0.4, 0.5) is 0 Å². The van der Waals surface area contributed by atoms with E-state index in [9.17, 15) is 0 Å². The van der Waals surface area contributed by atoms with Crippen molar-refractivity contribution in [2.75, 3.05) is 32.8 Å². The topological polar surface area (TPSA) is 38.5 Å². The fraction of sp³-hybridized carbons (Fsp3) is 1.00. The maximum atomic E-state index is 5.57. The van der Waals surface area contributed by atoms with Crippen LogP contribution in [0.5, 0.6) is 0 Å². The molecule has 14 heavy (non-hydrogen) atoms. The highest BCUT2D eigenvalue weighted by molar-refractivity contribution is 4.82. The van der Waals surface area contributed by atoms with Crippen LogP contribution in [0.3, 0.4) is 0 Å². The molecule has 2 aliphatic rings. The maximum Gasteiger partial charge on any atom is 0.0516 e. The van der Waals surface area contributed by atoms with Gasteiger partial charge in [-0.05, 0) is 45.3 Å². The first-order chi connectivity index (χ1) is 6.90. The Morgan fingerprint density at radius 2 is 2.14 bits per heavy atom. The Labute approximate surface area is 86.6 Å². The van der Waals surface area contributed by atoms with Crippen molar-refractivity contribution in [2.45, 2.75) is 31.7 Å². The van der Waals surface area contributed by atoms with Gasteiger partial charge in [-0.25, -0.2) is 0 Å². The Balaban J connectivity index is 1.52. The van der Waals surface area contributed by atoms with Crippen LogP contribution in [0, 0.1) is 5.92 Å². The summed E-state index contributed by atoms with van der Waals surface area (Å²) in [5.41, 5.74) is 5.57. The van der Waals surface area contributed by atoms with Crippen LogP contribution in [0.25, 0.3) is 0 Å². The van der Waals surface area contributed by atoms with E-state index in [1.807, 2.05) is 0 Å². The predicted molar refractivity (Wildman–Crippen MR) is 57.2 cm³/mol. The lowest BCUT2D eigenvalue weighted by atomic mass is 9.97. The standard InChI is InChI=1S/C11H22N2O/c12-5-3-11-4-7-13(11)6-1-2-10-8-14-9-10/h10-11H,1-9,12H2. The Bertz CT molecular complexity index is 171. The molecule has 2 N–H and O–H groups in total. The predicted octanol–water partition coefficient (Wildman–Crippen LogP) is 0.836. The van der Waals surface area contributed by atoms with E-state index >= 15 is 0 Å². The SMILES string of the molecule is NCCC1CCN1CCCC1COC1. The van der Waals surface area contributed by atoms with Crippen LogP contribution in [0.15, 0.2) is 0 Å². The summed E-state index contributed by atoms with van der Waals surface area (Å²) in [5, 5.41) is 0. The lowest BCUT2D eigenvalue weighted by molar-refractivity contribution is -0.0386. The smallest absolute Gasteiger partial charge is 0.0516 e. The summed E-state index contributed by atoms with van der Waals surface area (Å²) >= 11 is 0. The number of hydrogen-bond acceptors (Lipinski definition) is 3. The molecule has 0 radical (unpaired) electrons. The molecule has 3 nitrogen and oxygen atoms in total. The summed E-state index contributed by atoms with van der Waals surface area (Å²) < 4.78 is 5.16. The Morgan fingerprint density at radius 3 is 2.64 bits per heavy atom. The second kappa shape index (κ2) is 5.10. The third kappa shape index (κ3) is 2.47. The van der Waals surface area contributed by atoms with Gasteiger partial charge in [0, 0.05) is 12.0 Å². The van der Waals surface area contributed by atoms with E-state index in [1.165, 1.54) is 38.8 Å². The van der Waals surface area contributed by atoms with Gasteiger partial charge in [-0.3, -0.25) is 0 Å². The molecule has 0 saturated carbocycles. The molecule has 0 aromatic rings. The number of rotatable bonds is 6. The minimum Gasteiger partial charge on any atom is -0.381 e. The van der Waals surface area contributed by atoms with Gasteiger partial charge in [0.05, 0.1) is 13.2 Å². The molecule has 82 valence electrons. The molecule has 2 saturated heterocycles. The molecule has 0 aromatic carbocycles. The average molecular weight is 198 g/mol. The molecule has 2 heterocycles. The minimum atomic E-state index is 0.803. The van der Waals surface area contributed by atoms with Crippen molar-refractivity contribution in [2.24, 2.45) is 11.7 Å². The molecule has 2 aliphatic heterocycles. The van der Waals surface area contributed by atoms with Crippen molar-refractivity contribution in [3.05, 3.63) is 0 Å². The molecule has 0 aliphatic carbocycles. The largest absolute Gasteiger partial charge is 0.381 e. The highest BCUT2D eigenvalue weighted by Gasteiger charge is 2.26. The van der Waals surface area contributed by atoms with Gasteiger partial charge in [-0.1, -0.05) is 0 Å². The van der Waals surface area contributed by atoms with Gasteiger partial charge in [-0.2, -0.15) is 0 Å². The molecule has 2 rings (SSSR count). The third-order valence-electron chi connectivity index (χ3n) is 3.53. The van der Waals surface area contributed by atoms with E-state index in [-0.39, 0.29) is 0 Å². The molecule has 1 unspecified atom stereocenters. The first-order valence-corrected chi connectivity index (χ1v) is 5.92. The highest BCUT2D eigenvalue weighted by atomic mass is 16.5. The summed E-state index contributed by atoms with van der Waals surface area (Å²) in [7, 11) is 0. The van der Waals surface area contributed by atoms with Crippen LogP contribution in [0.2, 0.25) is 0 Å². The van der Waals surface area contributed by atoms with Gasteiger partial charge in [0.2, 0.25) is 0 Å². The van der Waals surface area contributed by atoms with Gasteiger partial charge in [-0.15, -0.1) is 0 Å². The second-order valence-corrected chi connectivity index (χ2v) is 4.60. The molecule has 0 aromatic heterocycles. The molecule has 0 bridgehead atoms. The minimum absolute atomic E-state index is 0.803. The van der Waals surface area contributed by atoms with Gasteiger partial charge in [0.25, 0.3) is 0 Å². The van der Waals surface area contributed by atoms with Crippen LogP contribution >= 0.6 is 0 Å². The molecule has 3 heteroatoms. The summed E-state index contributed by atoms with van der Waals surface area (Å²) in [6, 6.07) is 0.803. The van der Waals surface area contributed by atoms with Crippen molar-refractivity contribution in [1.29, 1.82) is 0 Å². The Hall–Kier alpha value is -0.120. The average Bonchev–Trinajstić information content (AvgIpc) is 2.09. The first kappa shape index (κ1) is 10.4. The van der Waals surface area contributed by atoms with Gasteiger partial charge in [0.15, 0.2) is 0 Å². The summed E-state index contributed by atoms with van der Waals surface area (Å²) in [6.07, 6.45) is 5.25. The van der Waals surface area contributed by atoms with Gasteiger partial charge < -0.3 is 15.4 Å². The second-order valence-electron chi connectivity index (χ2n) is 4.60. The lowest BCUT2D eigenvalue weighted by Crippen LogP contribution is -2.49. The van der Waals surface area contributed by atoms with Crippen molar-refractivity contribution < 1.29 is 4.74 Å². The van der Waals surface area contributed by atoms with Gasteiger partial charge >= 0.3 is 0 Å². The van der Waals surface area contributed by atoms with Crippen molar-refractivity contribution in [1.82, 2.24) is 4.90 Å². The molecule has 0 spiro atoms. The van der Waals surface area contributed by atoms with Crippen molar-refractivity contribution in [3.63, 3.8) is 0 Å². The molecule has 0 amide bonds. The lowest BCUT2D eigenvalue weighted by Gasteiger charge is -2.41. The van der Waals surface area contributed by atoms with Crippen LogP contribution in [0.1, 0.15) is 25.7 Å². The normalized spacial score (nSPS) is 28.5. The maximum absolute atomic E-state index is 5.57. The van der Waals surface area contributed by atoms with Gasteiger partial charge in [0.1, 0.15) is 0 Å². The zero-order chi connectivity index (χ0) is 9.80. The third-order valence-corrected chi connectivity index (χ3v) is 3.53. The molecule has 2 fully saturated rings. The Morgan fingerprint density at radius 1 is 1.29 bits per heavy atom. The van der Waals surface area contributed by atoms with Crippen molar-refractivity contribution >= 4 is 0 Å². The number of ether oxygens (including phenoxy) is 1. The first-order valence-electron chi connectivity index (χ1n) is 5.92. The van der Waals surface area contributed by atoms with Crippen LogP contribution < -0.4 is 5.73 Å². The summed E-state index contributed by atoms with van der Waals surface area (Å²) in [4.78, 5) is 2.59. The zero-order valence-electron chi connectivity index (χ0n) is 8.95. The summed E-state index contributed by atoms with van der Waals surface area (Å²) in [5.74, 6) is 0.865. The quantitative estimate of drug-likeness (QED) is 0.687. The highest BCUT2D eigenvalue weighted by Crippen LogP contribution is 2.22. The van der Waals surface area contributed by atoms with E-state index in [0.717, 1.165) is 31.7 Å². The number of nitrogens with two attached hydrogens (primary N) is 1. The van der Waals surface area contributed by atoms with E-state index in [1.54, 1.807) is 0 Å². The van der Waals surface area contributed by atoms with Crippen LogP contribution in [-0.2, 0) is 4.74 Å². The fourth-order valence-electron chi connectivity index (χ4n) is 2.34. The Kier molecular flexibility index (Phi) is 3.79. The van der Waals surface area contributed by atoms with Crippen LogP contribution in [-0.4, -0.2) is 43.8 Å². The molecular weight excluding hydrogens is 176 g/mol. The molecular formula is C11H22N2O. The van der Waals surface area contributed by atoms with E-state index in [0.29, 0.717) is 0 Å². The number of hydrogen-bond donors (Lipinski definition) is 1. The number of nitrogens with zero attached hydrogens (tertiary/aromatic N) is 1. The molecule has 1 atom stereocenters. The monoisotopic (exact) mass is 198 g/mol. The summed E-state index contributed by atoms with van der Waals surface area (Å²) in [6.45, 7) is 5.43. The fourth-order valence-corrected chi connectivity index (χ4v) is 2.34.